The van der Waals surface area contributed by atoms with E-state index in [1.54, 1.807) is 0 Å². The van der Waals surface area contributed by atoms with Crippen molar-refractivity contribution in [2.24, 2.45) is 0 Å². The zero-order valence-corrected chi connectivity index (χ0v) is 8.92. The van der Waals surface area contributed by atoms with Crippen molar-refractivity contribution in [1.82, 2.24) is 0 Å². The van der Waals surface area contributed by atoms with Gasteiger partial charge in [0.2, 0.25) is 0 Å². The lowest BCUT2D eigenvalue weighted by Crippen LogP contribution is -1.96. The maximum absolute atomic E-state index is 11.9. The average Bonchev–Trinajstić information content (AvgIpc) is 2.08. The molecule has 0 saturated carbocycles. The second-order valence-electron chi connectivity index (χ2n) is 3.27. The Labute approximate surface area is 79.5 Å². The van der Waals surface area contributed by atoms with Crippen LogP contribution in [0.1, 0.15) is 17.5 Å². The Kier molecular flexibility index (Phi) is 4.09. The van der Waals surface area contributed by atoms with Gasteiger partial charge in [0.15, 0.2) is 0 Å². The molecular formula is C10H14F2Si. The van der Waals surface area contributed by atoms with Gasteiger partial charge >= 0.3 is 9.46 Å². The molecule has 0 atom stereocenters. The summed E-state index contributed by atoms with van der Waals surface area (Å²) in [5.74, 6) is 0. The molecule has 0 radical (unpaired) electrons. The maximum atomic E-state index is 11.9. The number of benzene rings is 1. The molecule has 1 rings (SSSR count). The first-order valence-corrected chi connectivity index (χ1v) is 6.21. The number of hydrogen-bond donors (Lipinski definition) is 0. The summed E-state index contributed by atoms with van der Waals surface area (Å²) in [4.78, 5) is 0. The summed E-state index contributed by atoms with van der Waals surface area (Å²) in [6, 6.07) is 8.23. The molecule has 0 amide bonds. The fourth-order valence-corrected chi connectivity index (χ4v) is 1.73. The monoisotopic (exact) mass is 200 g/mol. The first-order valence-electron chi connectivity index (χ1n) is 4.52. The summed E-state index contributed by atoms with van der Waals surface area (Å²) in [6.45, 7) is 2.02. The highest BCUT2D eigenvalue weighted by Crippen LogP contribution is 2.09. The summed E-state index contributed by atoms with van der Waals surface area (Å²) in [6.07, 6.45) is 1.42. The number of hydrogen-bond acceptors (Lipinski definition) is 0. The third kappa shape index (κ3) is 4.17. The van der Waals surface area contributed by atoms with Crippen LogP contribution in [-0.4, -0.2) is 9.46 Å². The fraction of sp³-hybridized carbons (Fsp3) is 0.400. The SMILES string of the molecule is Cc1ccc(CCC[SiH](F)F)cc1. The number of halogens is 2. The molecule has 0 N–H and O–H groups in total. The first kappa shape index (κ1) is 10.4. The molecule has 0 aliphatic carbocycles. The third-order valence-electron chi connectivity index (χ3n) is 2.01. The largest absolute Gasteiger partial charge is 0.411 e. The Morgan fingerprint density at radius 3 is 2.31 bits per heavy atom. The van der Waals surface area contributed by atoms with Gasteiger partial charge in [-0.25, -0.2) is 0 Å². The summed E-state index contributed by atoms with van der Waals surface area (Å²) in [5.41, 5.74) is 2.38. The lowest BCUT2D eigenvalue weighted by molar-refractivity contribution is 0.641. The van der Waals surface area contributed by atoms with Gasteiger partial charge in [-0.15, -0.1) is 0 Å². The van der Waals surface area contributed by atoms with E-state index in [9.17, 15) is 8.22 Å². The number of rotatable bonds is 4. The average molecular weight is 200 g/mol. The Bertz CT molecular complexity index is 244. The third-order valence-corrected chi connectivity index (χ3v) is 2.85. The molecule has 0 saturated heterocycles. The predicted molar refractivity (Wildman–Crippen MR) is 53.7 cm³/mol. The van der Waals surface area contributed by atoms with E-state index in [0.29, 0.717) is 6.42 Å². The van der Waals surface area contributed by atoms with Crippen molar-refractivity contribution in [1.29, 1.82) is 0 Å². The smallest absolute Gasteiger partial charge is 0.275 e. The van der Waals surface area contributed by atoms with E-state index in [2.05, 4.69) is 0 Å². The van der Waals surface area contributed by atoms with Crippen molar-refractivity contribution < 1.29 is 8.22 Å². The van der Waals surface area contributed by atoms with Crippen molar-refractivity contribution in [3.63, 3.8) is 0 Å². The first-order chi connectivity index (χ1) is 6.18. The van der Waals surface area contributed by atoms with Crippen molar-refractivity contribution in [2.75, 3.05) is 0 Å². The van der Waals surface area contributed by atoms with Crippen LogP contribution in [0.15, 0.2) is 24.3 Å². The molecule has 0 bridgehead atoms. The van der Waals surface area contributed by atoms with E-state index in [0.717, 1.165) is 6.42 Å². The van der Waals surface area contributed by atoms with Crippen molar-refractivity contribution in [3.05, 3.63) is 35.4 Å². The minimum Gasteiger partial charge on any atom is -0.275 e. The summed E-state index contributed by atoms with van der Waals surface area (Å²) >= 11 is 0. The zero-order valence-electron chi connectivity index (χ0n) is 7.76. The van der Waals surface area contributed by atoms with Crippen molar-refractivity contribution >= 4 is 9.46 Å². The Balaban J connectivity index is 2.33. The maximum Gasteiger partial charge on any atom is 0.411 e. The van der Waals surface area contributed by atoms with Crippen LogP contribution >= 0.6 is 0 Å². The van der Waals surface area contributed by atoms with Gasteiger partial charge in [0.05, 0.1) is 0 Å². The fourth-order valence-electron chi connectivity index (χ4n) is 1.22. The Hall–Kier alpha value is -0.703. The van der Waals surface area contributed by atoms with Crippen LogP contribution < -0.4 is 0 Å². The van der Waals surface area contributed by atoms with E-state index in [-0.39, 0.29) is 6.04 Å². The molecule has 0 aromatic heterocycles. The molecule has 13 heavy (non-hydrogen) atoms. The molecular weight excluding hydrogens is 186 g/mol. The highest BCUT2D eigenvalue weighted by molar-refractivity contribution is 6.42. The van der Waals surface area contributed by atoms with Gasteiger partial charge in [0.25, 0.3) is 0 Å². The Morgan fingerprint density at radius 2 is 1.77 bits per heavy atom. The molecule has 0 aliphatic rings. The van der Waals surface area contributed by atoms with Gasteiger partial charge in [-0.2, -0.15) is 0 Å². The van der Waals surface area contributed by atoms with Gasteiger partial charge in [0.1, 0.15) is 0 Å². The molecule has 1 aromatic carbocycles. The highest BCUT2D eigenvalue weighted by atomic mass is 28.4. The molecule has 0 aliphatic heterocycles. The van der Waals surface area contributed by atoms with Crippen LogP contribution in [0.3, 0.4) is 0 Å². The van der Waals surface area contributed by atoms with Crippen LogP contribution in [0.5, 0.6) is 0 Å². The second-order valence-corrected chi connectivity index (χ2v) is 4.63. The second kappa shape index (κ2) is 5.12. The zero-order chi connectivity index (χ0) is 9.68. The quantitative estimate of drug-likeness (QED) is 0.517. The molecule has 0 unspecified atom stereocenters. The molecule has 72 valence electrons. The Morgan fingerprint density at radius 1 is 1.15 bits per heavy atom. The van der Waals surface area contributed by atoms with Crippen molar-refractivity contribution in [2.45, 2.75) is 25.8 Å². The van der Waals surface area contributed by atoms with E-state index >= 15 is 0 Å². The lowest BCUT2D eigenvalue weighted by Gasteiger charge is -2.00. The van der Waals surface area contributed by atoms with E-state index in [1.165, 1.54) is 11.1 Å². The minimum atomic E-state index is -3.32. The van der Waals surface area contributed by atoms with Crippen LogP contribution in [0, 0.1) is 6.92 Å². The van der Waals surface area contributed by atoms with Crippen molar-refractivity contribution in [3.8, 4) is 0 Å². The predicted octanol–water partition coefficient (Wildman–Crippen LogP) is 3.09. The van der Waals surface area contributed by atoms with Gasteiger partial charge in [-0.05, 0) is 31.4 Å². The molecule has 3 heteroatoms. The van der Waals surface area contributed by atoms with E-state index in [4.69, 9.17) is 0 Å². The molecule has 0 heterocycles. The van der Waals surface area contributed by atoms with Gasteiger partial charge < -0.3 is 0 Å². The highest BCUT2D eigenvalue weighted by Gasteiger charge is 2.05. The molecule has 0 fully saturated rings. The summed E-state index contributed by atoms with van der Waals surface area (Å²) < 4.78 is 23.9. The summed E-state index contributed by atoms with van der Waals surface area (Å²) in [7, 11) is -3.32. The lowest BCUT2D eigenvalue weighted by atomic mass is 10.1. The normalized spacial score (nSPS) is 10.8. The van der Waals surface area contributed by atoms with E-state index in [1.807, 2.05) is 31.2 Å². The van der Waals surface area contributed by atoms with Crippen LogP contribution in [-0.2, 0) is 6.42 Å². The van der Waals surface area contributed by atoms with E-state index < -0.39 is 9.46 Å². The van der Waals surface area contributed by atoms with Crippen LogP contribution in [0.25, 0.3) is 0 Å². The number of aryl methyl sites for hydroxylation is 2. The molecule has 0 spiro atoms. The summed E-state index contributed by atoms with van der Waals surface area (Å²) in [5, 5.41) is 0. The topological polar surface area (TPSA) is 0 Å². The van der Waals surface area contributed by atoms with Gasteiger partial charge in [-0.1, -0.05) is 29.8 Å². The molecule has 1 aromatic rings. The van der Waals surface area contributed by atoms with Crippen LogP contribution in [0.4, 0.5) is 8.22 Å². The van der Waals surface area contributed by atoms with Crippen LogP contribution in [0.2, 0.25) is 6.04 Å². The van der Waals surface area contributed by atoms with Gasteiger partial charge in [0, 0.05) is 0 Å². The standard InChI is InChI=1S/C10H14F2Si/c1-9-4-6-10(7-5-9)3-2-8-13(11)12/h4-7,13H,2-3,8H2,1H3. The minimum absolute atomic E-state index is 0.147. The molecule has 0 nitrogen and oxygen atoms in total. The van der Waals surface area contributed by atoms with Gasteiger partial charge in [-0.3, -0.25) is 8.22 Å².